The third-order valence-electron chi connectivity index (χ3n) is 3.68. The molecule has 4 nitrogen and oxygen atoms in total. The number of nitrogens with zero attached hydrogens (tertiary/aromatic N) is 1. The zero-order valence-electron chi connectivity index (χ0n) is 16.0. The lowest BCUT2D eigenvalue weighted by Gasteiger charge is -1.93. The quantitative estimate of drug-likeness (QED) is 0.104. The number of nitro groups is 1. The second-order valence-electron chi connectivity index (χ2n) is 5.96. The number of carbonyl (C=O) groups is 1. The summed E-state index contributed by atoms with van der Waals surface area (Å²) in [6.45, 7) is 1.90. The normalized spacial score (nSPS) is 12.9. The Balaban J connectivity index is 3.66. The molecule has 0 aromatic carbocycles. The van der Waals surface area contributed by atoms with Crippen molar-refractivity contribution in [3.05, 3.63) is 70.5 Å². The van der Waals surface area contributed by atoms with Crippen molar-refractivity contribution < 1.29 is 9.72 Å². The van der Waals surface area contributed by atoms with Crippen molar-refractivity contribution in [2.75, 3.05) is 0 Å². The molecule has 0 heterocycles. The van der Waals surface area contributed by atoms with Gasteiger partial charge in [0.1, 0.15) is 6.29 Å². The summed E-state index contributed by atoms with van der Waals surface area (Å²) in [5, 5.41) is 10.8. The van der Waals surface area contributed by atoms with E-state index in [1.54, 1.807) is 6.08 Å². The third kappa shape index (κ3) is 16.6. The zero-order valence-corrected chi connectivity index (χ0v) is 16.0. The predicted molar refractivity (Wildman–Crippen MR) is 110 cm³/mol. The summed E-state index contributed by atoms with van der Waals surface area (Å²) in [5.74, 6) is 0. The Hall–Kier alpha value is -2.23. The number of carbonyl (C=O) groups excluding carboxylic acids is 1. The van der Waals surface area contributed by atoms with E-state index in [1.807, 2.05) is 19.1 Å². The summed E-state index contributed by atoms with van der Waals surface area (Å²) in [7, 11) is 0. The summed E-state index contributed by atoms with van der Waals surface area (Å²) >= 11 is 0. The molecule has 0 fully saturated rings. The molecule has 0 spiro atoms. The Morgan fingerprint density at radius 2 is 1.35 bits per heavy atom. The minimum absolute atomic E-state index is 0.268. The fraction of sp³-hybridized carbons (Fsp3) is 0.500. The van der Waals surface area contributed by atoms with E-state index in [0.29, 0.717) is 19.3 Å². The molecule has 0 unspecified atom stereocenters. The Bertz CT molecular complexity index is 513. The highest BCUT2D eigenvalue weighted by atomic mass is 16.6. The van der Waals surface area contributed by atoms with Crippen LogP contribution in [0.15, 0.2) is 60.4 Å². The van der Waals surface area contributed by atoms with Gasteiger partial charge in [-0.15, -0.1) is 0 Å². The van der Waals surface area contributed by atoms with Gasteiger partial charge >= 0.3 is 0 Å². The van der Waals surface area contributed by atoms with Gasteiger partial charge in [0.2, 0.25) is 5.70 Å². The van der Waals surface area contributed by atoms with Gasteiger partial charge in [-0.2, -0.15) is 0 Å². The molecule has 0 aliphatic carbocycles. The van der Waals surface area contributed by atoms with Crippen molar-refractivity contribution in [3.8, 4) is 0 Å². The first-order valence-corrected chi connectivity index (χ1v) is 9.59. The molecule has 26 heavy (non-hydrogen) atoms. The molecule has 0 aromatic rings. The van der Waals surface area contributed by atoms with Gasteiger partial charge in [0, 0.05) is 6.42 Å². The van der Waals surface area contributed by atoms with Crippen LogP contribution in [0.25, 0.3) is 0 Å². The van der Waals surface area contributed by atoms with Crippen LogP contribution < -0.4 is 0 Å². The number of hydrogen-bond acceptors (Lipinski definition) is 3. The Labute approximate surface area is 158 Å². The average Bonchev–Trinajstić information content (AvgIpc) is 2.63. The van der Waals surface area contributed by atoms with Gasteiger partial charge in [0.05, 0.1) is 11.3 Å². The monoisotopic (exact) mass is 359 g/mol. The topological polar surface area (TPSA) is 60.2 Å². The van der Waals surface area contributed by atoms with Gasteiger partial charge in [-0.1, -0.05) is 62.0 Å². The first kappa shape index (κ1) is 23.8. The molecule has 0 aliphatic heterocycles. The predicted octanol–water partition coefficient (Wildman–Crippen LogP) is 6.49. The number of allylic oxidation sites excluding steroid dienone is 9. The van der Waals surface area contributed by atoms with Gasteiger partial charge < -0.3 is 4.79 Å². The van der Waals surface area contributed by atoms with E-state index >= 15 is 0 Å². The SMILES string of the molecule is CC/C=C(\C/C=C\C/C=C\C/C=C\C/C=C\CCCCCC=O)[N+](=O)[O-]. The molecule has 4 heteroatoms. The molecule has 0 aliphatic rings. The van der Waals surface area contributed by atoms with Crippen molar-refractivity contribution in [2.24, 2.45) is 0 Å². The maximum absolute atomic E-state index is 10.8. The second-order valence-corrected chi connectivity index (χ2v) is 5.96. The fourth-order valence-corrected chi connectivity index (χ4v) is 2.27. The number of unbranched alkanes of at least 4 members (excludes halogenated alkanes) is 4. The van der Waals surface area contributed by atoms with E-state index in [-0.39, 0.29) is 10.6 Å². The standard InChI is InChI=1S/C22H33NO3/c1-2-19-22(23(25)26)20-17-15-13-11-9-7-5-3-4-6-8-10-12-14-16-18-21-24/h3,5-6,8-9,11,15,17,19,21H,2,4,7,10,12-14,16,18,20H2,1H3/b5-3-,8-6-,11-9-,17-15-,22-19+. The molecule has 0 atom stereocenters. The molecule has 0 rings (SSSR count). The van der Waals surface area contributed by atoms with Gasteiger partial charge in [0.15, 0.2) is 0 Å². The molecule has 0 N–H and O–H groups in total. The fourth-order valence-electron chi connectivity index (χ4n) is 2.27. The van der Waals surface area contributed by atoms with Gasteiger partial charge in [-0.25, -0.2) is 0 Å². The van der Waals surface area contributed by atoms with Gasteiger partial charge in [-0.3, -0.25) is 10.1 Å². The van der Waals surface area contributed by atoms with Crippen LogP contribution in [0, 0.1) is 10.1 Å². The van der Waals surface area contributed by atoms with Crippen molar-refractivity contribution in [3.63, 3.8) is 0 Å². The lowest BCUT2D eigenvalue weighted by Crippen LogP contribution is -1.96. The molecule has 0 amide bonds. The highest BCUT2D eigenvalue weighted by Gasteiger charge is 2.05. The van der Waals surface area contributed by atoms with Crippen LogP contribution in [0.3, 0.4) is 0 Å². The molecule has 0 aromatic heterocycles. The molecule has 0 radical (unpaired) electrons. The molecular weight excluding hydrogens is 326 g/mol. The maximum Gasteiger partial charge on any atom is 0.246 e. The van der Waals surface area contributed by atoms with Crippen LogP contribution >= 0.6 is 0 Å². The Morgan fingerprint density at radius 1 is 0.808 bits per heavy atom. The minimum Gasteiger partial charge on any atom is -0.303 e. The molecular formula is C22H33NO3. The van der Waals surface area contributed by atoms with Crippen molar-refractivity contribution in [1.82, 2.24) is 0 Å². The van der Waals surface area contributed by atoms with Crippen LogP contribution in [0.1, 0.15) is 71.1 Å². The van der Waals surface area contributed by atoms with Crippen LogP contribution in [0.2, 0.25) is 0 Å². The van der Waals surface area contributed by atoms with Crippen molar-refractivity contribution >= 4 is 6.29 Å². The number of aldehydes is 1. The van der Waals surface area contributed by atoms with E-state index in [2.05, 4.69) is 36.5 Å². The first-order chi connectivity index (χ1) is 12.7. The minimum atomic E-state index is -0.309. The molecule has 144 valence electrons. The lowest BCUT2D eigenvalue weighted by molar-refractivity contribution is -0.427. The molecule has 0 saturated carbocycles. The van der Waals surface area contributed by atoms with Gasteiger partial charge in [-0.05, 0) is 51.0 Å². The van der Waals surface area contributed by atoms with E-state index in [9.17, 15) is 14.9 Å². The second kappa shape index (κ2) is 19.1. The van der Waals surface area contributed by atoms with E-state index in [1.165, 1.54) is 0 Å². The van der Waals surface area contributed by atoms with Crippen LogP contribution in [0.5, 0.6) is 0 Å². The lowest BCUT2D eigenvalue weighted by atomic mass is 10.1. The largest absolute Gasteiger partial charge is 0.303 e. The Morgan fingerprint density at radius 3 is 1.88 bits per heavy atom. The maximum atomic E-state index is 10.8. The molecule has 0 bridgehead atoms. The van der Waals surface area contributed by atoms with E-state index in [4.69, 9.17) is 0 Å². The summed E-state index contributed by atoms with van der Waals surface area (Å²) in [5.41, 5.74) is 0.268. The highest BCUT2D eigenvalue weighted by molar-refractivity contribution is 5.48. The Kier molecular flexibility index (Phi) is 17.5. The van der Waals surface area contributed by atoms with Crippen LogP contribution in [-0.2, 0) is 4.79 Å². The van der Waals surface area contributed by atoms with Crippen molar-refractivity contribution in [2.45, 2.75) is 71.1 Å². The summed E-state index contributed by atoms with van der Waals surface area (Å²) in [4.78, 5) is 20.6. The van der Waals surface area contributed by atoms with Gasteiger partial charge in [0.25, 0.3) is 0 Å². The first-order valence-electron chi connectivity index (χ1n) is 9.59. The summed E-state index contributed by atoms with van der Waals surface area (Å²) in [6.07, 6.45) is 28.1. The van der Waals surface area contributed by atoms with E-state index < -0.39 is 0 Å². The highest BCUT2D eigenvalue weighted by Crippen LogP contribution is 2.06. The molecule has 0 saturated heterocycles. The zero-order chi connectivity index (χ0) is 19.3. The summed E-state index contributed by atoms with van der Waals surface area (Å²) < 4.78 is 0. The number of rotatable bonds is 16. The number of hydrogen-bond donors (Lipinski definition) is 0. The average molecular weight is 360 g/mol. The van der Waals surface area contributed by atoms with Crippen LogP contribution in [-0.4, -0.2) is 11.2 Å². The van der Waals surface area contributed by atoms with E-state index in [0.717, 1.165) is 51.2 Å². The third-order valence-corrected chi connectivity index (χ3v) is 3.68. The van der Waals surface area contributed by atoms with Crippen LogP contribution in [0.4, 0.5) is 0 Å². The smallest absolute Gasteiger partial charge is 0.246 e. The summed E-state index contributed by atoms with van der Waals surface area (Å²) in [6, 6.07) is 0. The van der Waals surface area contributed by atoms with Crippen molar-refractivity contribution in [1.29, 1.82) is 0 Å².